The zero-order valence-electron chi connectivity index (χ0n) is 9.97. The lowest BCUT2D eigenvalue weighted by molar-refractivity contribution is 0.589. The summed E-state index contributed by atoms with van der Waals surface area (Å²) in [7, 11) is 0. The van der Waals surface area contributed by atoms with Gasteiger partial charge in [-0.15, -0.1) is 11.3 Å². The van der Waals surface area contributed by atoms with E-state index in [1.54, 1.807) is 17.5 Å². The van der Waals surface area contributed by atoms with Crippen molar-refractivity contribution in [2.75, 3.05) is 36.4 Å². The van der Waals surface area contributed by atoms with Crippen molar-refractivity contribution in [3.63, 3.8) is 0 Å². The zero-order chi connectivity index (χ0) is 12.2. The van der Waals surface area contributed by atoms with Crippen LogP contribution in [0.2, 0.25) is 0 Å². The summed E-state index contributed by atoms with van der Waals surface area (Å²) in [4.78, 5) is 10.9. The standard InChI is InChI=1S/C12H15N5S/c1-2-14-11(16-12-15-5-8-18-12)9-10(1)17-6-3-13-4-7-17/h1-2,5,8-9,13H,3-4,6-7H2,(H,14,15,16). The second-order valence-corrected chi connectivity index (χ2v) is 4.99. The van der Waals surface area contributed by atoms with Gasteiger partial charge in [0.05, 0.1) is 0 Å². The summed E-state index contributed by atoms with van der Waals surface area (Å²) in [5.74, 6) is 0.848. The molecule has 3 rings (SSSR count). The number of hydrogen-bond acceptors (Lipinski definition) is 6. The molecule has 3 heterocycles. The quantitative estimate of drug-likeness (QED) is 0.880. The number of nitrogens with zero attached hydrogens (tertiary/aromatic N) is 3. The maximum Gasteiger partial charge on any atom is 0.188 e. The molecule has 0 spiro atoms. The van der Waals surface area contributed by atoms with Crippen LogP contribution in [-0.2, 0) is 0 Å². The Bertz CT molecular complexity index is 493. The van der Waals surface area contributed by atoms with Crippen LogP contribution in [0.3, 0.4) is 0 Å². The van der Waals surface area contributed by atoms with Gasteiger partial charge >= 0.3 is 0 Å². The Morgan fingerprint density at radius 2 is 2.11 bits per heavy atom. The number of rotatable bonds is 3. The molecule has 0 unspecified atom stereocenters. The van der Waals surface area contributed by atoms with E-state index in [1.807, 2.05) is 11.6 Å². The smallest absolute Gasteiger partial charge is 0.188 e. The molecular weight excluding hydrogens is 246 g/mol. The molecule has 6 heteroatoms. The first-order valence-electron chi connectivity index (χ1n) is 6.00. The van der Waals surface area contributed by atoms with E-state index in [9.17, 15) is 0 Å². The van der Waals surface area contributed by atoms with E-state index in [2.05, 4.69) is 37.6 Å². The van der Waals surface area contributed by atoms with Crippen LogP contribution in [0.1, 0.15) is 0 Å². The molecule has 0 saturated carbocycles. The van der Waals surface area contributed by atoms with Gasteiger partial charge in [0.25, 0.3) is 0 Å². The Hall–Kier alpha value is -1.66. The Kier molecular flexibility index (Phi) is 3.38. The first-order valence-corrected chi connectivity index (χ1v) is 6.88. The highest BCUT2D eigenvalue weighted by molar-refractivity contribution is 7.13. The van der Waals surface area contributed by atoms with E-state index in [4.69, 9.17) is 0 Å². The van der Waals surface area contributed by atoms with Gasteiger partial charge in [0.1, 0.15) is 5.82 Å². The molecule has 2 aromatic heterocycles. The summed E-state index contributed by atoms with van der Waals surface area (Å²) < 4.78 is 0. The predicted octanol–water partition coefficient (Wildman–Crippen LogP) is 1.69. The fraction of sp³-hybridized carbons (Fsp3) is 0.333. The van der Waals surface area contributed by atoms with Crippen LogP contribution in [0, 0.1) is 0 Å². The minimum atomic E-state index is 0.848. The molecule has 1 fully saturated rings. The molecule has 94 valence electrons. The predicted molar refractivity (Wildman–Crippen MR) is 74.7 cm³/mol. The molecule has 0 radical (unpaired) electrons. The van der Waals surface area contributed by atoms with Gasteiger partial charge in [-0.2, -0.15) is 0 Å². The second-order valence-electron chi connectivity index (χ2n) is 4.10. The number of aromatic nitrogens is 2. The van der Waals surface area contributed by atoms with Crippen molar-refractivity contribution in [1.29, 1.82) is 0 Å². The first-order chi connectivity index (χ1) is 8.92. The third-order valence-corrected chi connectivity index (χ3v) is 3.58. The molecule has 0 aliphatic carbocycles. The van der Waals surface area contributed by atoms with Gasteiger partial charge in [0.2, 0.25) is 0 Å². The minimum absolute atomic E-state index is 0.848. The monoisotopic (exact) mass is 261 g/mol. The van der Waals surface area contributed by atoms with Crippen LogP contribution in [0.25, 0.3) is 0 Å². The lowest BCUT2D eigenvalue weighted by Crippen LogP contribution is -2.43. The molecule has 0 amide bonds. The number of hydrogen-bond donors (Lipinski definition) is 2. The van der Waals surface area contributed by atoms with E-state index in [-0.39, 0.29) is 0 Å². The maximum atomic E-state index is 4.32. The summed E-state index contributed by atoms with van der Waals surface area (Å²) in [5, 5.41) is 9.39. The minimum Gasteiger partial charge on any atom is -0.369 e. The summed E-state index contributed by atoms with van der Waals surface area (Å²) in [6, 6.07) is 4.13. The van der Waals surface area contributed by atoms with Gasteiger partial charge in [-0.1, -0.05) is 0 Å². The van der Waals surface area contributed by atoms with Crippen molar-refractivity contribution < 1.29 is 0 Å². The second kappa shape index (κ2) is 5.32. The zero-order valence-corrected chi connectivity index (χ0v) is 10.8. The molecule has 0 aromatic carbocycles. The molecule has 1 aliphatic heterocycles. The fourth-order valence-electron chi connectivity index (χ4n) is 2.00. The maximum absolute atomic E-state index is 4.32. The van der Waals surface area contributed by atoms with Gasteiger partial charge < -0.3 is 15.5 Å². The normalized spacial score (nSPS) is 15.7. The van der Waals surface area contributed by atoms with Crippen molar-refractivity contribution in [3.05, 3.63) is 29.9 Å². The Labute approximate surface area is 110 Å². The fourth-order valence-corrected chi connectivity index (χ4v) is 2.54. The van der Waals surface area contributed by atoms with Crippen LogP contribution >= 0.6 is 11.3 Å². The Morgan fingerprint density at radius 3 is 2.89 bits per heavy atom. The number of anilines is 3. The highest BCUT2D eigenvalue weighted by atomic mass is 32.1. The molecule has 5 nitrogen and oxygen atoms in total. The van der Waals surface area contributed by atoms with Gasteiger partial charge in [0, 0.05) is 55.7 Å². The van der Waals surface area contributed by atoms with Crippen LogP contribution in [0.4, 0.5) is 16.6 Å². The van der Waals surface area contributed by atoms with Crippen molar-refractivity contribution in [2.45, 2.75) is 0 Å². The summed E-state index contributed by atoms with van der Waals surface area (Å²) in [5.41, 5.74) is 1.21. The Morgan fingerprint density at radius 1 is 1.22 bits per heavy atom. The number of piperazine rings is 1. The van der Waals surface area contributed by atoms with E-state index >= 15 is 0 Å². The van der Waals surface area contributed by atoms with Gasteiger partial charge in [0.15, 0.2) is 5.13 Å². The third kappa shape index (κ3) is 2.60. The van der Waals surface area contributed by atoms with E-state index in [0.717, 1.165) is 37.1 Å². The number of thiazole rings is 1. The average molecular weight is 261 g/mol. The largest absolute Gasteiger partial charge is 0.369 e. The third-order valence-electron chi connectivity index (χ3n) is 2.89. The van der Waals surface area contributed by atoms with Crippen LogP contribution < -0.4 is 15.5 Å². The first kappa shape index (κ1) is 11.4. The molecule has 1 saturated heterocycles. The molecule has 18 heavy (non-hydrogen) atoms. The summed E-state index contributed by atoms with van der Waals surface area (Å²) >= 11 is 1.57. The Balaban J connectivity index is 1.76. The molecular formula is C12H15N5S. The molecule has 2 aromatic rings. The van der Waals surface area contributed by atoms with Crippen molar-refractivity contribution >= 4 is 28.0 Å². The molecule has 0 atom stereocenters. The van der Waals surface area contributed by atoms with Gasteiger partial charge in [-0.25, -0.2) is 9.97 Å². The SMILES string of the molecule is c1cc(N2CCNCC2)cc(Nc2nccs2)n1. The van der Waals surface area contributed by atoms with Gasteiger partial charge in [-0.05, 0) is 6.07 Å². The summed E-state index contributed by atoms with van der Waals surface area (Å²) in [6.07, 6.45) is 3.63. The number of nitrogens with one attached hydrogen (secondary N) is 2. The van der Waals surface area contributed by atoms with E-state index in [0.29, 0.717) is 0 Å². The van der Waals surface area contributed by atoms with Gasteiger partial charge in [-0.3, -0.25) is 0 Å². The van der Waals surface area contributed by atoms with Crippen LogP contribution in [0.5, 0.6) is 0 Å². The van der Waals surface area contributed by atoms with E-state index in [1.165, 1.54) is 5.69 Å². The highest BCUT2D eigenvalue weighted by Gasteiger charge is 2.11. The van der Waals surface area contributed by atoms with Crippen molar-refractivity contribution in [1.82, 2.24) is 15.3 Å². The topological polar surface area (TPSA) is 53.1 Å². The van der Waals surface area contributed by atoms with E-state index < -0.39 is 0 Å². The highest BCUT2D eigenvalue weighted by Crippen LogP contribution is 2.21. The summed E-state index contributed by atoms with van der Waals surface area (Å²) in [6.45, 7) is 4.16. The van der Waals surface area contributed by atoms with Crippen molar-refractivity contribution in [3.8, 4) is 0 Å². The molecule has 1 aliphatic rings. The molecule has 2 N–H and O–H groups in total. The molecule has 0 bridgehead atoms. The van der Waals surface area contributed by atoms with Crippen LogP contribution in [-0.4, -0.2) is 36.1 Å². The lowest BCUT2D eigenvalue weighted by Gasteiger charge is -2.29. The number of pyridine rings is 1. The lowest BCUT2D eigenvalue weighted by atomic mass is 10.3. The average Bonchev–Trinajstić information content (AvgIpc) is 2.93. The van der Waals surface area contributed by atoms with Crippen molar-refractivity contribution in [2.24, 2.45) is 0 Å². The van der Waals surface area contributed by atoms with Crippen LogP contribution in [0.15, 0.2) is 29.9 Å².